The monoisotopic (exact) mass is 231 g/mol. The van der Waals surface area contributed by atoms with Crippen molar-refractivity contribution >= 4 is 10.9 Å². The largest absolute Gasteiger partial charge is 0.475 e. The van der Waals surface area contributed by atoms with E-state index in [4.69, 9.17) is 4.74 Å². The maximum Gasteiger partial charge on any atom is 0.204 e. The van der Waals surface area contributed by atoms with Crippen molar-refractivity contribution in [1.29, 1.82) is 0 Å². The van der Waals surface area contributed by atoms with Crippen LogP contribution in [0.4, 0.5) is 0 Å². The molecule has 0 saturated carbocycles. The zero-order chi connectivity index (χ0) is 12.0. The van der Waals surface area contributed by atoms with Crippen molar-refractivity contribution in [2.75, 3.05) is 6.61 Å². The molecule has 4 heteroatoms. The maximum absolute atomic E-state index is 12.2. The van der Waals surface area contributed by atoms with Gasteiger partial charge in [-0.25, -0.2) is 0 Å². The van der Waals surface area contributed by atoms with Gasteiger partial charge in [0.05, 0.1) is 11.1 Å². The molecule has 0 saturated heterocycles. The van der Waals surface area contributed by atoms with Crippen molar-refractivity contribution in [2.45, 2.75) is 19.6 Å². The standard InChI is InChI=1S/C13H13NO3/c1-2-14-9-6-4-3-5-8(9)12(16)11-10(15)7-17-13(11)14/h3-6,10,15H,2,7H2,1H3. The molecule has 0 radical (unpaired) electrons. The molecule has 1 aromatic heterocycles. The van der Waals surface area contributed by atoms with Crippen molar-refractivity contribution in [3.05, 3.63) is 40.1 Å². The molecular weight excluding hydrogens is 218 g/mol. The van der Waals surface area contributed by atoms with E-state index in [-0.39, 0.29) is 12.0 Å². The molecule has 1 atom stereocenters. The molecule has 0 spiro atoms. The molecule has 1 N–H and O–H groups in total. The van der Waals surface area contributed by atoms with Gasteiger partial charge < -0.3 is 14.4 Å². The molecule has 0 bridgehead atoms. The summed E-state index contributed by atoms with van der Waals surface area (Å²) in [5.74, 6) is 0.517. The van der Waals surface area contributed by atoms with Crippen molar-refractivity contribution in [3.63, 3.8) is 0 Å². The van der Waals surface area contributed by atoms with E-state index < -0.39 is 6.10 Å². The average molecular weight is 231 g/mol. The fraction of sp³-hybridized carbons (Fsp3) is 0.308. The van der Waals surface area contributed by atoms with Crippen molar-refractivity contribution < 1.29 is 9.84 Å². The van der Waals surface area contributed by atoms with Crippen LogP contribution in [-0.2, 0) is 6.54 Å². The summed E-state index contributed by atoms with van der Waals surface area (Å²) in [6.45, 7) is 2.86. The van der Waals surface area contributed by atoms with Gasteiger partial charge in [-0.1, -0.05) is 12.1 Å². The van der Waals surface area contributed by atoms with Crippen LogP contribution in [-0.4, -0.2) is 16.3 Å². The first-order valence-electron chi connectivity index (χ1n) is 5.70. The summed E-state index contributed by atoms with van der Waals surface area (Å²) < 4.78 is 7.37. The Bertz CT molecular complexity index is 645. The first kappa shape index (κ1) is 10.4. The van der Waals surface area contributed by atoms with Crippen molar-refractivity contribution in [2.24, 2.45) is 0 Å². The van der Waals surface area contributed by atoms with Gasteiger partial charge in [-0.05, 0) is 19.1 Å². The number of aliphatic hydroxyl groups excluding tert-OH is 1. The minimum atomic E-state index is -0.806. The average Bonchev–Trinajstić information content (AvgIpc) is 2.73. The zero-order valence-electron chi connectivity index (χ0n) is 9.51. The summed E-state index contributed by atoms with van der Waals surface area (Å²) in [4.78, 5) is 12.2. The number of benzene rings is 1. The van der Waals surface area contributed by atoms with Crippen LogP contribution in [0.3, 0.4) is 0 Å². The molecule has 1 aromatic carbocycles. The van der Waals surface area contributed by atoms with Gasteiger partial charge in [0, 0.05) is 11.9 Å². The van der Waals surface area contributed by atoms with E-state index in [0.29, 0.717) is 23.4 Å². The summed E-state index contributed by atoms with van der Waals surface area (Å²) in [6.07, 6.45) is -0.806. The number of fused-ring (bicyclic) bond motifs is 2. The smallest absolute Gasteiger partial charge is 0.204 e. The SMILES string of the molecule is CCn1c2c(c(=O)c3ccccc31)C(O)CO2. The van der Waals surface area contributed by atoms with Gasteiger partial charge >= 0.3 is 0 Å². The van der Waals surface area contributed by atoms with Gasteiger partial charge in [-0.3, -0.25) is 4.79 Å². The van der Waals surface area contributed by atoms with E-state index in [0.717, 1.165) is 5.52 Å². The van der Waals surface area contributed by atoms with E-state index in [1.54, 1.807) is 6.07 Å². The number of para-hydroxylation sites is 1. The highest BCUT2D eigenvalue weighted by atomic mass is 16.5. The van der Waals surface area contributed by atoms with E-state index in [2.05, 4.69) is 0 Å². The van der Waals surface area contributed by atoms with E-state index in [9.17, 15) is 9.90 Å². The molecule has 17 heavy (non-hydrogen) atoms. The summed E-state index contributed by atoms with van der Waals surface area (Å²) in [5, 5.41) is 10.4. The number of pyridine rings is 1. The second-order valence-corrected chi connectivity index (χ2v) is 4.14. The number of rotatable bonds is 1. The van der Waals surface area contributed by atoms with Crippen molar-refractivity contribution in [3.8, 4) is 5.88 Å². The Morgan fingerprint density at radius 1 is 1.47 bits per heavy atom. The lowest BCUT2D eigenvalue weighted by atomic mass is 10.1. The van der Waals surface area contributed by atoms with Crippen LogP contribution in [0, 0.1) is 0 Å². The van der Waals surface area contributed by atoms with Gasteiger partial charge in [0.25, 0.3) is 0 Å². The number of nitrogens with zero attached hydrogens (tertiary/aromatic N) is 1. The van der Waals surface area contributed by atoms with Gasteiger partial charge in [0.15, 0.2) is 5.43 Å². The first-order chi connectivity index (χ1) is 8.24. The number of hydrogen-bond acceptors (Lipinski definition) is 3. The second-order valence-electron chi connectivity index (χ2n) is 4.14. The molecule has 1 aliphatic heterocycles. The Hall–Kier alpha value is -1.81. The van der Waals surface area contributed by atoms with Crippen LogP contribution in [0.1, 0.15) is 18.6 Å². The summed E-state index contributed by atoms with van der Waals surface area (Å²) in [5.41, 5.74) is 1.13. The minimum Gasteiger partial charge on any atom is -0.475 e. The molecule has 1 unspecified atom stereocenters. The molecule has 88 valence electrons. The molecule has 2 heterocycles. The van der Waals surface area contributed by atoms with E-state index in [1.165, 1.54) is 0 Å². The highest BCUT2D eigenvalue weighted by Crippen LogP contribution is 2.32. The number of hydrogen-bond donors (Lipinski definition) is 1. The molecular formula is C13H13NO3. The Morgan fingerprint density at radius 2 is 2.24 bits per heavy atom. The molecule has 3 rings (SSSR count). The second kappa shape index (κ2) is 3.60. The van der Waals surface area contributed by atoms with Gasteiger partial charge in [0.2, 0.25) is 5.88 Å². The van der Waals surface area contributed by atoms with E-state index in [1.807, 2.05) is 29.7 Å². The van der Waals surface area contributed by atoms with E-state index >= 15 is 0 Å². The first-order valence-corrected chi connectivity index (χ1v) is 5.70. The summed E-state index contributed by atoms with van der Waals surface area (Å²) in [7, 11) is 0. The van der Waals surface area contributed by atoms with Gasteiger partial charge in [-0.15, -0.1) is 0 Å². The number of ether oxygens (including phenoxy) is 1. The topological polar surface area (TPSA) is 51.5 Å². The Labute approximate surface area is 98.1 Å². The Kier molecular flexibility index (Phi) is 2.19. The molecule has 0 aliphatic carbocycles. The summed E-state index contributed by atoms with van der Waals surface area (Å²) >= 11 is 0. The normalized spacial score (nSPS) is 18.1. The lowest BCUT2D eigenvalue weighted by Crippen LogP contribution is -2.15. The minimum absolute atomic E-state index is 0.120. The molecule has 2 aromatic rings. The Morgan fingerprint density at radius 3 is 3.00 bits per heavy atom. The summed E-state index contributed by atoms with van der Waals surface area (Å²) in [6, 6.07) is 7.41. The van der Waals surface area contributed by atoms with Crippen LogP contribution in [0.15, 0.2) is 29.1 Å². The van der Waals surface area contributed by atoms with Gasteiger partial charge in [0.1, 0.15) is 12.7 Å². The predicted molar refractivity (Wildman–Crippen MR) is 64.3 cm³/mol. The van der Waals surface area contributed by atoms with Crippen LogP contribution >= 0.6 is 0 Å². The number of aliphatic hydroxyl groups is 1. The number of aromatic nitrogens is 1. The third-order valence-electron chi connectivity index (χ3n) is 3.19. The quantitative estimate of drug-likeness (QED) is 0.808. The third kappa shape index (κ3) is 1.31. The Balaban J connectivity index is 2.52. The van der Waals surface area contributed by atoms with Crippen LogP contribution in [0.25, 0.3) is 10.9 Å². The maximum atomic E-state index is 12.2. The van der Waals surface area contributed by atoms with Crippen molar-refractivity contribution in [1.82, 2.24) is 4.57 Å². The molecule has 0 amide bonds. The predicted octanol–water partition coefficient (Wildman–Crippen LogP) is 1.45. The van der Waals surface area contributed by atoms with Crippen LogP contribution in [0.5, 0.6) is 5.88 Å². The molecule has 1 aliphatic rings. The highest BCUT2D eigenvalue weighted by Gasteiger charge is 2.29. The lowest BCUT2D eigenvalue weighted by Gasteiger charge is -2.13. The highest BCUT2D eigenvalue weighted by molar-refractivity contribution is 5.81. The fourth-order valence-corrected chi connectivity index (χ4v) is 2.40. The third-order valence-corrected chi connectivity index (χ3v) is 3.19. The number of aryl methyl sites for hydroxylation is 1. The molecule has 4 nitrogen and oxygen atoms in total. The fourth-order valence-electron chi connectivity index (χ4n) is 2.40. The van der Waals surface area contributed by atoms with Crippen LogP contribution < -0.4 is 10.2 Å². The van der Waals surface area contributed by atoms with Crippen LogP contribution in [0.2, 0.25) is 0 Å². The zero-order valence-corrected chi connectivity index (χ0v) is 9.51. The molecule has 0 fully saturated rings. The van der Waals surface area contributed by atoms with Gasteiger partial charge in [-0.2, -0.15) is 0 Å². The lowest BCUT2D eigenvalue weighted by molar-refractivity contribution is 0.138.